The molecule has 3 aromatic rings. The lowest BCUT2D eigenvalue weighted by Gasteiger charge is -2.22. The van der Waals surface area contributed by atoms with Crippen molar-refractivity contribution >= 4 is 23.2 Å². The van der Waals surface area contributed by atoms with E-state index in [9.17, 15) is 9.59 Å². The van der Waals surface area contributed by atoms with Crippen LogP contribution in [0, 0.1) is 0 Å². The Hall–Kier alpha value is -4.00. The molecule has 2 heterocycles. The summed E-state index contributed by atoms with van der Waals surface area (Å²) in [7, 11) is 0. The van der Waals surface area contributed by atoms with E-state index in [1.54, 1.807) is 24.3 Å². The van der Waals surface area contributed by atoms with Crippen molar-refractivity contribution in [1.29, 1.82) is 0 Å². The minimum Gasteiger partial charge on any atom is -0.454 e. The van der Waals surface area contributed by atoms with Crippen molar-refractivity contribution in [1.82, 2.24) is 5.32 Å². The van der Waals surface area contributed by atoms with Gasteiger partial charge in [-0.15, -0.1) is 0 Å². The van der Waals surface area contributed by atoms with Gasteiger partial charge in [-0.1, -0.05) is 30.3 Å². The standard InChI is InChI=1S/C27H27N3O4/c31-26(20-8-11-24-25(16-20)34-18-33-24)29-21-9-10-23(30-14-4-5-15-30)22(17-21)27(32)28-13-12-19-6-2-1-3-7-19/h1-3,6-11,16-17H,4-5,12-15,18H2,(H,28,32)(H,29,31). The molecule has 0 radical (unpaired) electrons. The van der Waals surface area contributed by atoms with E-state index < -0.39 is 0 Å². The SMILES string of the molecule is O=C(Nc1ccc(N2CCCC2)c(C(=O)NCCc2ccccc2)c1)c1ccc2c(c1)OCO2. The first kappa shape index (κ1) is 21.8. The fourth-order valence-corrected chi connectivity index (χ4v) is 4.33. The Labute approximate surface area is 198 Å². The van der Waals surface area contributed by atoms with E-state index in [0.29, 0.717) is 34.9 Å². The van der Waals surface area contributed by atoms with Gasteiger partial charge in [-0.05, 0) is 61.2 Å². The Morgan fingerprint density at radius 2 is 1.65 bits per heavy atom. The van der Waals surface area contributed by atoms with Crippen molar-refractivity contribution < 1.29 is 19.1 Å². The van der Waals surface area contributed by atoms with Crippen LogP contribution in [0.5, 0.6) is 11.5 Å². The third-order valence-corrected chi connectivity index (χ3v) is 6.12. The molecular formula is C27H27N3O4. The molecule has 0 aliphatic carbocycles. The summed E-state index contributed by atoms with van der Waals surface area (Å²) in [5.74, 6) is 0.760. The van der Waals surface area contributed by atoms with Crippen LogP contribution in [0.2, 0.25) is 0 Å². The highest BCUT2D eigenvalue weighted by Crippen LogP contribution is 2.33. The van der Waals surface area contributed by atoms with Gasteiger partial charge in [0.25, 0.3) is 11.8 Å². The van der Waals surface area contributed by atoms with Crippen LogP contribution in [0.3, 0.4) is 0 Å². The first-order valence-corrected chi connectivity index (χ1v) is 11.6. The van der Waals surface area contributed by atoms with E-state index >= 15 is 0 Å². The number of fused-ring (bicyclic) bond motifs is 1. The predicted molar refractivity (Wildman–Crippen MR) is 131 cm³/mol. The highest BCUT2D eigenvalue weighted by molar-refractivity contribution is 6.06. The van der Waals surface area contributed by atoms with E-state index in [1.807, 2.05) is 42.5 Å². The molecule has 7 heteroatoms. The monoisotopic (exact) mass is 457 g/mol. The molecule has 34 heavy (non-hydrogen) atoms. The molecule has 2 N–H and O–H groups in total. The summed E-state index contributed by atoms with van der Waals surface area (Å²) in [4.78, 5) is 28.2. The topological polar surface area (TPSA) is 79.9 Å². The summed E-state index contributed by atoms with van der Waals surface area (Å²) in [6.07, 6.45) is 2.97. The maximum Gasteiger partial charge on any atom is 0.255 e. The van der Waals surface area contributed by atoms with Crippen LogP contribution in [0.4, 0.5) is 11.4 Å². The van der Waals surface area contributed by atoms with Crippen molar-refractivity contribution in [2.45, 2.75) is 19.3 Å². The van der Waals surface area contributed by atoms with Gasteiger partial charge in [0, 0.05) is 36.6 Å². The number of hydrogen-bond acceptors (Lipinski definition) is 5. The smallest absolute Gasteiger partial charge is 0.255 e. The van der Waals surface area contributed by atoms with Crippen molar-refractivity contribution in [3.05, 3.63) is 83.4 Å². The van der Waals surface area contributed by atoms with Gasteiger partial charge < -0.3 is 25.0 Å². The van der Waals surface area contributed by atoms with Gasteiger partial charge in [0.2, 0.25) is 6.79 Å². The van der Waals surface area contributed by atoms with Crippen LogP contribution in [0.15, 0.2) is 66.7 Å². The van der Waals surface area contributed by atoms with Gasteiger partial charge in [-0.2, -0.15) is 0 Å². The van der Waals surface area contributed by atoms with Gasteiger partial charge in [0.15, 0.2) is 11.5 Å². The van der Waals surface area contributed by atoms with Crippen LogP contribution in [0.1, 0.15) is 39.1 Å². The molecule has 2 aliphatic rings. The number of rotatable bonds is 7. The minimum atomic E-state index is -0.275. The maximum absolute atomic E-state index is 13.2. The van der Waals surface area contributed by atoms with E-state index in [-0.39, 0.29) is 18.6 Å². The Morgan fingerprint density at radius 1 is 0.853 bits per heavy atom. The molecule has 2 aliphatic heterocycles. The Bertz CT molecular complexity index is 1190. The molecule has 0 aromatic heterocycles. The predicted octanol–water partition coefficient (Wildman–Crippen LogP) is 4.24. The largest absolute Gasteiger partial charge is 0.454 e. The fourth-order valence-electron chi connectivity index (χ4n) is 4.33. The van der Waals surface area contributed by atoms with Crippen molar-refractivity contribution in [3.63, 3.8) is 0 Å². The lowest BCUT2D eigenvalue weighted by molar-refractivity contribution is 0.0953. The van der Waals surface area contributed by atoms with Crippen molar-refractivity contribution in [2.75, 3.05) is 36.6 Å². The van der Waals surface area contributed by atoms with Crippen LogP contribution in [-0.2, 0) is 6.42 Å². The maximum atomic E-state index is 13.2. The molecule has 174 valence electrons. The molecule has 7 nitrogen and oxygen atoms in total. The molecule has 0 atom stereocenters. The number of nitrogens with one attached hydrogen (secondary N) is 2. The number of anilines is 2. The van der Waals surface area contributed by atoms with Gasteiger partial charge in [-0.3, -0.25) is 9.59 Å². The Morgan fingerprint density at radius 3 is 2.47 bits per heavy atom. The third-order valence-electron chi connectivity index (χ3n) is 6.12. The number of benzene rings is 3. The normalized spacial score (nSPS) is 14.2. The molecule has 0 saturated carbocycles. The van der Waals surface area contributed by atoms with Crippen LogP contribution >= 0.6 is 0 Å². The summed E-state index contributed by atoms with van der Waals surface area (Å²) < 4.78 is 10.7. The molecule has 1 saturated heterocycles. The number of amides is 2. The molecule has 3 aromatic carbocycles. The first-order valence-electron chi connectivity index (χ1n) is 11.6. The minimum absolute atomic E-state index is 0.142. The van der Waals surface area contributed by atoms with Crippen LogP contribution in [0.25, 0.3) is 0 Å². The molecule has 5 rings (SSSR count). The molecule has 2 amide bonds. The van der Waals surface area contributed by atoms with Gasteiger partial charge >= 0.3 is 0 Å². The van der Waals surface area contributed by atoms with Gasteiger partial charge in [-0.25, -0.2) is 0 Å². The highest BCUT2D eigenvalue weighted by Gasteiger charge is 2.21. The Balaban J connectivity index is 1.32. The van der Waals surface area contributed by atoms with Gasteiger partial charge in [0.1, 0.15) is 0 Å². The number of hydrogen-bond donors (Lipinski definition) is 2. The van der Waals surface area contributed by atoms with E-state index in [2.05, 4.69) is 15.5 Å². The van der Waals surface area contributed by atoms with Crippen molar-refractivity contribution in [3.8, 4) is 11.5 Å². The summed E-state index contributed by atoms with van der Waals surface area (Å²) >= 11 is 0. The summed E-state index contributed by atoms with van der Waals surface area (Å²) in [6, 6.07) is 20.7. The first-order chi connectivity index (χ1) is 16.7. The second-order valence-electron chi connectivity index (χ2n) is 8.44. The zero-order chi connectivity index (χ0) is 23.3. The summed E-state index contributed by atoms with van der Waals surface area (Å²) in [5.41, 5.74) is 3.67. The molecule has 0 spiro atoms. The number of carbonyl (C=O) groups excluding carboxylic acids is 2. The average molecular weight is 458 g/mol. The van der Waals surface area contributed by atoms with Crippen LogP contribution < -0.4 is 25.0 Å². The van der Waals surface area contributed by atoms with E-state index in [1.165, 1.54) is 5.56 Å². The second kappa shape index (κ2) is 9.87. The zero-order valence-corrected chi connectivity index (χ0v) is 18.9. The summed E-state index contributed by atoms with van der Waals surface area (Å²) in [5, 5.41) is 5.95. The zero-order valence-electron chi connectivity index (χ0n) is 18.9. The highest BCUT2D eigenvalue weighted by atomic mass is 16.7. The Kier molecular flexibility index (Phi) is 6.33. The van der Waals surface area contributed by atoms with Crippen LogP contribution in [-0.4, -0.2) is 38.2 Å². The molecule has 1 fully saturated rings. The second-order valence-corrected chi connectivity index (χ2v) is 8.44. The van der Waals surface area contributed by atoms with Gasteiger partial charge in [0.05, 0.1) is 5.56 Å². The lowest BCUT2D eigenvalue weighted by Crippen LogP contribution is -2.29. The van der Waals surface area contributed by atoms with E-state index in [0.717, 1.165) is 38.0 Å². The third kappa shape index (κ3) is 4.83. The number of nitrogens with zero attached hydrogens (tertiary/aromatic N) is 1. The molecule has 0 unspecified atom stereocenters. The summed E-state index contributed by atoms with van der Waals surface area (Å²) in [6.45, 7) is 2.54. The average Bonchev–Trinajstić information content (AvgIpc) is 3.56. The van der Waals surface area contributed by atoms with E-state index in [4.69, 9.17) is 9.47 Å². The quantitative estimate of drug-likeness (QED) is 0.555. The fraction of sp³-hybridized carbons (Fsp3) is 0.259. The lowest BCUT2D eigenvalue weighted by atomic mass is 10.1. The number of ether oxygens (including phenoxy) is 2. The molecular weight excluding hydrogens is 430 g/mol. The molecule has 0 bridgehead atoms. The number of carbonyl (C=O) groups is 2. The van der Waals surface area contributed by atoms with Crippen molar-refractivity contribution in [2.24, 2.45) is 0 Å².